The molecule has 11 heteroatoms. The summed E-state index contributed by atoms with van der Waals surface area (Å²) in [6.07, 6.45) is 1.63. The third kappa shape index (κ3) is 3.97. The van der Waals surface area contributed by atoms with Crippen molar-refractivity contribution in [2.75, 3.05) is 11.5 Å². The zero-order valence-corrected chi connectivity index (χ0v) is 17.6. The van der Waals surface area contributed by atoms with Gasteiger partial charge in [-0.25, -0.2) is 4.98 Å². The third-order valence-corrected chi connectivity index (χ3v) is 7.52. The molecule has 0 saturated carbocycles. The van der Waals surface area contributed by atoms with E-state index in [0.29, 0.717) is 5.75 Å². The number of thioether (sulfide) groups is 2. The number of allylic oxidation sites excluding steroid dienone is 1. The number of rotatable bonds is 5. The van der Waals surface area contributed by atoms with Crippen LogP contribution in [-0.4, -0.2) is 49.9 Å². The molecule has 1 aromatic carbocycles. The summed E-state index contributed by atoms with van der Waals surface area (Å²) in [6, 6.07) is 7.17. The molecule has 142 valence electrons. The number of hydrogen-bond acceptors (Lipinski definition) is 7. The van der Waals surface area contributed by atoms with Crippen LogP contribution in [0.25, 0.3) is 10.2 Å². The first-order chi connectivity index (χ1) is 12.5. The highest BCUT2D eigenvalue weighted by atomic mass is 35.5. The number of hydrogen-bond donors (Lipinski definition) is 1. The van der Waals surface area contributed by atoms with Crippen LogP contribution in [0, 0.1) is 0 Å². The molecule has 1 fully saturated rings. The smallest absolute Gasteiger partial charge is 0.268 e. The van der Waals surface area contributed by atoms with E-state index in [4.69, 9.17) is 11.6 Å². The lowest BCUT2D eigenvalue weighted by Crippen LogP contribution is -2.70. The molecule has 1 N–H and O–H groups in total. The molecular formula is C16H13Cl2N3O3S3. The van der Waals surface area contributed by atoms with Crippen molar-refractivity contribution >= 4 is 86.1 Å². The number of carbonyl (C=O) groups excluding carboxylic acids is 3. The van der Waals surface area contributed by atoms with Crippen LogP contribution in [0.15, 0.2) is 40.4 Å². The number of halogens is 2. The second-order valence-corrected chi connectivity index (χ2v) is 9.32. The number of fused-ring (bicyclic) bond motifs is 2. The topological polar surface area (TPSA) is 79.4 Å². The number of amides is 2. The van der Waals surface area contributed by atoms with Crippen molar-refractivity contribution in [1.29, 1.82) is 0 Å². The molecule has 27 heavy (non-hydrogen) atoms. The normalized spacial score (nSPS) is 21.0. The van der Waals surface area contributed by atoms with Gasteiger partial charge in [-0.2, -0.15) is 0 Å². The Kier molecular flexibility index (Phi) is 6.37. The van der Waals surface area contributed by atoms with Crippen molar-refractivity contribution in [3.8, 4) is 0 Å². The van der Waals surface area contributed by atoms with Gasteiger partial charge in [0.15, 0.2) is 4.34 Å². The minimum Gasteiger partial charge on any atom is -0.341 e. The first-order valence-electron chi connectivity index (χ1n) is 7.67. The molecule has 0 radical (unpaired) electrons. The molecule has 3 heterocycles. The van der Waals surface area contributed by atoms with E-state index in [0.717, 1.165) is 14.6 Å². The van der Waals surface area contributed by atoms with E-state index in [1.54, 1.807) is 6.08 Å². The van der Waals surface area contributed by atoms with Gasteiger partial charge in [0, 0.05) is 5.75 Å². The summed E-state index contributed by atoms with van der Waals surface area (Å²) in [4.78, 5) is 41.7. The fraction of sp³-hybridized carbons (Fsp3) is 0.250. The molecule has 4 rings (SSSR count). The minimum absolute atomic E-state index is 0. The van der Waals surface area contributed by atoms with E-state index in [-0.39, 0.29) is 41.0 Å². The van der Waals surface area contributed by atoms with E-state index in [2.05, 4.69) is 10.3 Å². The summed E-state index contributed by atoms with van der Waals surface area (Å²) in [5.74, 6) is 0.217. The quantitative estimate of drug-likeness (QED) is 0.418. The molecule has 1 aromatic heterocycles. The Morgan fingerprint density at radius 2 is 2.15 bits per heavy atom. The van der Waals surface area contributed by atoms with Crippen LogP contribution < -0.4 is 5.32 Å². The molecule has 2 unspecified atom stereocenters. The van der Waals surface area contributed by atoms with Gasteiger partial charge in [0.1, 0.15) is 17.1 Å². The molecule has 2 atom stereocenters. The molecule has 0 aliphatic carbocycles. The van der Waals surface area contributed by atoms with Crippen LogP contribution >= 0.6 is 58.9 Å². The van der Waals surface area contributed by atoms with Gasteiger partial charge in [0.25, 0.3) is 11.1 Å². The summed E-state index contributed by atoms with van der Waals surface area (Å²) < 4.78 is 1.89. The molecule has 2 amide bonds. The SMILES string of the molecule is Cl.O=C(CSc1nc2ccccc2s1)NC1C(=O)N2C(C(=O)Cl)=CCSC12. The van der Waals surface area contributed by atoms with Crippen molar-refractivity contribution in [1.82, 2.24) is 15.2 Å². The number of carbonyl (C=O) groups is 3. The number of nitrogens with one attached hydrogen (secondary N) is 1. The first kappa shape index (κ1) is 20.5. The molecule has 1 saturated heterocycles. The van der Waals surface area contributed by atoms with Crippen LogP contribution in [0.4, 0.5) is 0 Å². The van der Waals surface area contributed by atoms with Gasteiger partial charge in [-0.15, -0.1) is 35.5 Å². The molecule has 2 aromatic rings. The lowest BCUT2D eigenvalue weighted by molar-refractivity contribution is -0.146. The largest absolute Gasteiger partial charge is 0.341 e. The second-order valence-electron chi connectivity index (χ2n) is 5.58. The van der Waals surface area contributed by atoms with E-state index in [1.807, 2.05) is 24.3 Å². The maximum absolute atomic E-state index is 12.3. The van der Waals surface area contributed by atoms with Gasteiger partial charge >= 0.3 is 0 Å². The van der Waals surface area contributed by atoms with Gasteiger partial charge in [0.05, 0.1) is 16.0 Å². The number of β-lactam (4-membered cyclic amide) rings is 1. The van der Waals surface area contributed by atoms with Gasteiger partial charge in [0.2, 0.25) is 5.91 Å². The first-order valence-corrected chi connectivity index (χ1v) is 10.9. The van der Waals surface area contributed by atoms with E-state index in [1.165, 1.54) is 39.8 Å². The summed E-state index contributed by atoms with van der Waals surface area (Å²) >= 11 is 9.88. The van der Waals surface area contributed by atoms with Gasteiger partial charge in [-0.05, 0) is 29.8 Å². The fourth-order valence-corrected chi connectivity index (χ4v) is 6.02. The zero-order chi connectivity index (χ0) is 18.3. The average Bonchev–Trinajstić information content (AvgIpc) is 3.06. The molecule has 2 aliphatic heterocycles. The summed E-state index contributed by atoms with van der Waals surface area (Å²) in [7, 11) is 0. The van der Waals surface area contributed by atoms with Crippen molar-refractivity contribution in [3.05, 3.63) is 36.0 Å². The predicted molar refractivity (Wildman–Crippen MR) is 112 cm³/mol. The number of nitrogens with zero attached hydrogens (tertiary/aromatic N) is 2. The molecule has 0 spiro atoms. The van der Waals surface area contributed by atoms with Crippen LogP contribution in [0.1, 0.15) is 0 Å². The zero-order valence-electron chi connectivity index (χ0n) is 13.6. The van der Waals surface area contributed by atoms with Crippen molar-refractivity contribution in [2.45, 2.75) is 15.8 Å². The van der Waals surface area contributed by atoms with Crippen LogP contribution in [0.3, 0.4) is 0 Å². The monoisotopic (exact) mass is 461 g/mol. The second kappa shape index (κ2) is 8.40. The summed E-state index contributed by atoms with van der Waals surface area (Å²) in [5, 5.41) is 1.82. The fourth-order valence-electron chi connectivity index (χ4n) is 2.78. The van der Waals surface area contributed by atoms with Gasteiger partial charge in [-0.1, -0.05) is 23.9 Å². The number of benzene rings is 1. The van der Waals surface area contributed by atoms with E-state index < -0.39 is 11.3 Å². The minimum atomic E-state index is -0.653. The Bertz CT molecular complexity index is 916. The van der Waals surface area contributed by atoms with Crippen molar-refractivity contribution in [2.24, 2.45) is 0 Å². The Hall–Kier alpha value is -1.26. The van der Waals surface area contributed by atoms with Crippen LogP contribution in [-0.2, 0) is 14.4 Å². The Labute approximate surface area is 178 Å². The lowest BCUT2D eigenvalue weighted by Gasteiger charge is -2.48. The highest BCUT2D eigenvalue weighted by Crippen LogP contribution is 2.38. The van der Waals surface area contributed by atoms with Gasteiger partial charge < -0.3 is 5.32 Å². The molecule has 0 bridgehead atoms. The standard InChI is InChI=1S/C16H12ClN3O3S3.ClH/c17-13(22)9-5-6-24-15-12(14(23)20(9)15)19-11(21)7-25-16-18-8-3-1-2-4-10(8)26-16;/h1-5,12,15H,6-7H2,(H,19,21);1H. The highest BCUT2D eigenvalue weighted by Gasteiger charge is 2.52. The molecular weight excluding hydrogens is 449 g/mol. The van der Waals surface area contributed by atoms with E-state index >= 15 is 0 Å². The van der Waals surface area contributed by atoms with Crippen LogP contribution in [0.5, 0.6) is 0 Å². The predicted octanol–water partition coefficient (Wildman–Crippen LogP) is 2.86. The molecule has 6 nitrogen and oxygen atoms in total. The Morgan fingerprint density at radius 1 is 1.37 bits per heavy atom. The van der Waals surface area contributed by atoms with Gasteiger partial charge in [-0.3, -0.25) is 19.3 Å². The third-order valence-electron chi connectivity index (χ3n) is 3.97. The highest BCUT2D eigenvalue weighted by molar-refractivity contribution is 8.01. The van der Waals surface area contributed by atoms with Crippen LogP contribution in [0.2, 0.25) is 0 Å². The summed E-state index contributed by atoms with van der Waals surface area (Å²) in [5.41, 5.74) is 1.11. The number of aromatic nitrogens is 1. The Morgan fingerprint density at radius 3 is 2.89 bits per heavy atom. The average molecular weight is 462 g/mol. The maximum Gasteiger partial charge on any atom is 0.268 e. The maximum atomic E-state index is 12.3. The van der Waals surface area contributed by atoms with Crippen molar-refractivity contribution < 1.29 is 14.4 Å². The molecule has 2 aliphatic rings. The van der Waals surface area contributed by atoms with E-state index in [9.17, 15) is 14.4 Å². The Balaban J connectivity index is 0.00000210. The summed E-state index contributed by atoms with van der Waals surface area (Å²) in [6.45, 7) is 0. The number of para-hydroxylation sites is 1. The number of thiazole rings is 1. The van der Waals surface area contributed by atoms with Crippen molar-refractivity contribution in [3.63, 3.8) is 0 Å². The lowest BCUT2D eigenvalue weighted by atomic mass is 10.1.